The lowest BCUT2D eigenvalue weighted by Crippen LogP contribution is -2.27. The Bertz CT molecular complexity index is 572. The van der Waals surface area contributed by atoms with E-state index in [9.17, 15) is 4.79 Å². The van der Waals surface area contributed by atoms with E-state index in [2.05, 4.69) is 5.32 Å². The second-order valence-corrected chi connectivity index (χ2v) is 5.24. The van der Waals surface area contributed by atoms with Gasteiger partial charge in [-0.2, -0.15) is 0 Å². The van der Waals surface area contributed by atoms with Crippen LogP contribution in [0.25, 0.3) is 0 Å². The molecule has 0 aliphatic carbocycles. The van der Waals surface area contributed by atoms with Crippen LogP contribution in [0.1, 0.15) is 11.5 Å². The zero-order chi connectivity index (χ0) is 14.4. The summed E-state index contributed by atoms with van der Waals surface area (Å²) in [5, 5.41) is 2.97. The maximum Gasteiger partial charge on any atom is 0.233 e. The van der Waals surface area contributed by atoms with Crippen LogP contribution in [-0.4, -0.2) is 18.7 Å². The van der Waals surface area contributed by atoms with Crippen molar-refractivity contribution in [3.05, 3.63) is 60.2 Å². The quantitative estimate of drug-likeness (QED) is 0.830. The molecule has 0 saturated heterocycles. The number of hydrogen-bond acceptors (Lipinski definition) is 3. The number of amides is 1. The first kappa shape index (κ1) is 14.6. The summed E-state index contributed by atoms with van der Waals surface area (Å²) >= 11 is 1.61. The van der Waals surface area contributed by atoms with Crippen LogP contribution in [-0.2, 0) is 4.79 Å². The molecule has 0 heterocycles. The zero-order valence-corrected chi connectivity index (χ0v) is 12.2. The molecule has 0 aliphatic rings. The van der Waals surface area contributed by atoms with Crippen molar-refractivity contribution in [2.45, 2.75) is 10.8 Å². The zero-order valence-electron chi connectivity index (χ0n) is 11.4. The molecule has 0 spiro atoms. The van der Waals surface area contributed by atoms with E-state index in [0.717, 1.165) is 16.1 Å². The predicted octanol–water partition coefficient (Wildman–Crippen LogP) is 3.09. The van der Waals surface area contributed by atoms with Gasteiger partial charge in [0.2, 0.25) is 5.91 Å². The van der Waals surface area contributed by atoms with Crippen LogP contribution >= 0.6 is 11.8 Å². The summed E-state index contributed by atoms with van der Waals surface area (Å²) in [5.41, 5.74) is 7.54. The summed E-state index contributed by atoms with van der Waals surface area (Å²) in [6.45, 7) is 0.289. The van der Waals surface area contributed by atoms with E-state index >= 15 is 0 Å². The molecule has 0 aliphatic heterocycles. The van der Waals surface area contributed by atoms with Crippen molar-refractivity contribution in [1.29, 1.82) is 0 Å². The molecule has 0 bridgehead atoms. The summed E-state index contributed by atoms with van der Waals surface area (Å²) in [6.07, 6.45) is 1.99. The Hall–Kier alpha value is -1.78. The lowest BCUT2D eigenvalue weighted by atomic mass is 9.98. The molecule has 3 nitrogen and oxygen atoms in total. The predicted molar refractivity (Wildman–Crippen MR) is 85.1 cm³/mol. The minimum absolute atomic E-state index is 0.0693. The highest BCUT2D eigenvalue weighted by Gasteiger charge is 2.19. The van der Waals surface area contributed by atoms with Gasteiger partial charge in [0, 0.05) is 11.4 Å². The van der Waals surface area contributed by atoms with Gasteiger partial charge in [0.05, 0.1) is 11.6 Å². The van der Waals surface area contributed by atoms with E-state index < -0.39 is 0 Å². The number of carbonyl (C=O) groups is 1. The monoisotopic (exact) mass is 286 g/mol. The van der Waals surface area contributed by atoms with E-state index in [0.29, 0.717) is 0 Å². The van der Waals surface area contributed by atoms with Crippen LogP contribution in [0.3, 0.4) is 0 Å². The number of para-hydroxylation sites is 1. The molecule has 0 radical (unpaired) electrons. The molecular weight excluding hydrogens is 268 g/mol. The number of carbonyl (C=O) groups excluding carboxylic acids is 1. The van der Waals surface area contributed by atoms with Crippen molar-refractivity contribution in [2.75, 3.05) is 18.1 Å². The third-order valence-electron chi connectivity index (χ3n) is 3.12. The fourth-order valence-electron chi connectivity index (χ4n) is 2.05. The number of benzene rings is 2. The average Bonchev–Trinajstić information content (AvgIpc) is 2.49. The molecule has 0 aromatic heterocycles. The van der Waals surface area contributed by atoms with Crippen LogP contribution in [0, 0.1) is 0 Å². The highest BCUT2D eigenvalue weighted by molar-refractivity contribution is 7.98. The molecule has 0 saturated carbocycles. The van der Waals surface area contributed by atoms with Gasteiger partial charge in [-0.05, 0) is 24.0 Å². The summed E-state index contributed by atoms with van der Waals surface area (Å²) in [4.78, 5) is 13.5. The van der Waals surface area contributed by atoms with Crippen molar-refractivity contribution in [1.82, 2.24) is 0 Å². The molecule has 2 rings (SSSR count). The SMILES string of the molecule is CSc1ccccc1NC(=O)C(CN)c1ccccc1. The molecule has 1 amide bonds. The van der Waals surface area contributed by atoms with Gasteiger partial charge in [-0.25, -0.2) is 0 Å². The van der Waals surface area contributed by atoms with Crippen LogP contribution in [0.5, 0.6) is 0 Å². The van der Waals surface area contributed by atoms with E-state index in [1.807, 2.05) is 60.9 Å². The van der Waals surface area contributed by atoms with Crippen molar-refractivity contribution in [3.63, 3.8) is 0 Å². The molecule has 2 aromatic rings. The Balaban J connectivity index is 2.18. The second kappa shape index (κ2) is 7.12. The van der Waals surface area contributed by atoms with Crippen molar-refractivity contribution in [3.8, 4) is 0 Å². The van der Waals surface area contributed by atoms with Crippen LogP contribution in [0.2, 0.25) is 0 Å². The third-order valence-corrected chi connectivity index (χ3v) is 3.91. The minimum Gasteiger partial charge on any atom is -0.329 e. The van der Waals surface area contributed by atoms with Crippen molar-refractivity contribution in [2.24, 2.45) is 5.73 Å². The Morgan fingerprint density at radius 2 is 1.80 bits per heavy atom. The number of hydrogen-bond donors (Lipinski definition) is 2. The summed E-state index contributed by atoms with van der Waals surface area (Å²) in [7, 11) is 0. The molecule has 20 heavy (non-hydrogen) atoms. The first-order valence-electron chi connectivity index (χ1n) is 6.45. The average molecular weight is 286 g/mol. The van der Waals surface area contributed by atoms with Gasteiger partial charge in [-0.3, -0.25) is 4.79 Å². The largest absolute Gasteiger partial charge is 0.329 e. The molecule has 2 aromatic carbocycles. The minimum atomic E-state index is -0.328. The Labute approximate surface area is 123 Å². The lowest BCUT2D eigenvalue weighted by Gasteiger charge is -2.16. The Morgan fingerprint density at radius 1 is 1.15 bits per heavy atom. The fourth-order valence-corrected chi connectivity index (χ4v) is 2.60. The van der Waals surface area contributed by atoms with Crippen LogP contribution < -0.4 is 11.1 Å². The van der Waals surface area contributed by atoms with E-state index in [1.165, 1.54) is 0 Å². The molecule has 4 heteroatoms. The normalized spacial score (nSPS) is 11.9. The standard InChI is InChI=1S/C16H18N2OS/c1-20-15-10-6-5-9-14(15)18-16(19)13(11-17)12-7-3-2-4-8-12/h2-10,13H,11,17H2,1H3,(H,18,19). The second-order valence-electron chi connectivity index (χ2n) is 4.39. The van der Waals surface area contributed by atoms with Gasteiger partial charge < -0.3 is 11.1 Å². The van der Waals surface area contributed by atoms with Crippen LogP contribution in [0.15, 0.2) is 59.5 Å². The topological polar surface area (TPSA) is 55.1 Å². The number of thioether (sulfide) groups is 1. The van der Waals surface area contributed by atoms with E-state index in [4.69, 9.17) is 5.73 Å². The number of rotatable bonds is 5. The molecule has 0 fully saturated rings. The number of nitrogens with two attached hydrogens (primary N) is 1. The Morgan fingerprint density at radius 3 is 2.45 bits per heavy atom. The molecule has 1 unspecified atom stereocenters. The first-order valence-corrected chi connectivity index (χ1v) is 7.67. The van der Waals surface area contributed by atoms with Crippen LogP contribution in [0.4, 0.5) is 5.69 Å². The van der Waals surface area contributed by atoms with E-state index in [1.54, 1.807) is 11.8 Å². The fraction of sp³-hybridized carbons (Fsp3) is 0.188. The van der Waals surface area contributed by atoms with Crippen molar-refractivity contribution < 1.29 is 4.79 Å². The van der Waals surface area contributed by atoms with Gasteiger partial charge in [0.15, 0.2) is 0 Å². The van der Waals surface area contributed by atoms with Gasteiger partial charge in [-0.15, -0.1) is 11.8 Å². The van der Waals surface area contributed by atoms with Gasteiger partial charge in [0.25, 0.3) is 0 Å². The van der Waals surface area contributed by atoms with Gasteiger partial charge in [-0.1, -0.05) is 42.5 Å². The van der Waals surface area contributed by atoms with Gasteiger partial charge in [0.1, 0.15) is 0 Å². The molecule has 1 atom stereocenters. The number of anilines is 1. The number of nitrogens with one attached hydrogen (secondary N) is 1. The maximum absolute atomic E-state index is 12.4. The first-order chi connectivity index (χ1) is 9.76. The molecule has 104 valence electrons. The van der Waals surface area contributed by atoms with Gasteiger partial charge >= 0.3 is 0 Å². The van der Waals surface area contributed by atoms with Crippen molar-refractivity contribution >= 4 is 23.4 Å². The summed E-state index contributed by atoms with van der Waals surface area (Å²) < 4.78 is 0. The Kier molecular flexibility index (Phi) is 5.21. The smallest absolute Gasteiger partial charge is 0.233 e. The third kappa shape index (κ3) is 3.40. The molecular formula is C16H18N2OS. The lowest BCUT2D eigenvalue weighted by molar-refractivity contribution is -0.117. The highest BCUT2D eigenvalue weighted by Crippen LogP contribution is 2.26. The maximum atomic E-state index is 12.4. The highest BCUT2D eigenvalue weighted by atomic mass is 32.2. The molecule has 3 N–H and O–H groups in total. The van der Waals surface area contributed by atoms with E-state index in [-0.39, 0.29) is 18.4 Å². The summed E-state index contributed by atoms with van der Waals surface area (Å²) in [5.74, 6) is -0.397. The summed E-state index contributed by atoms with van der Waals surface area (Å²) in [6, 6.07) is 17.4.